The van der Waals surface area contributed by atoms with Crippen LogP contribution in [0.1, 0.15) is 41.8 Å². The van der Waals surface area contributed by atoms with Crippen molar-refractivity contribution in [2.75, 3.05) is 0 Å². The number of rotatable bonds is 9. The number of ketones is 2. The Kier molecular flexibility index (Phi) is 7.55. The van der Waals surface area contributed by atoms with Crippen molar-refractivity contribution in [2.45, 2.75) is 45.7 Å². The molecule has 0 saturated heterocycles. The van der Waals surface area contributed by atoms with Crippen molar-refractivity contribution >= 4 is 23.2 Å². The Balaban J connectivity index is 1.64. The van der Waals surface area contributed by atoms with Gasteiger partial charge >= 0.3 is 5.69 Å². The summed E-state index contributed by atoms with van der Waals surface area (Å²) in [7, 11) is 0. The third-order valence-corrected chi connectivity index (χ3v) is 6.51. The molecule has 0 aliphatic rings. The molecule has 0 fully saturated rings. The van der Waals surface area contributed by atoms with Crippen LogP contribution in [0.4, 0.5) is 4.39 Å². The summed E-state index contributed by atoms with van der Waals surface area (Å²) in [6.07, 6.45) is 0.209. The molecule has 0 spiro atoms. The Morgan fingerprint density at radius 3 is 2.30 bits per heavy atom. The molecule has 0 N–H and O–H groups in total. The van der Waals surface area contributed by atoms with E-state index in [1.165, 1.54) is 28.8 Å². The lowest BCUT2D eigenvalue weighted by atomic mass is 9.79. The highest BCUT2D eigenvalue weighted by Crippen LogP contribution is 2.28. The van der Waals surface area contributed by atoms with Gasteiger partial charge in [-0.1, -0.05) is 55.3 Å². The van der Waals surface area contributed by atoms with Gasteiger partial charge in [0.05, 0.1) is 6.54 Å². The van der Waals surface area contributed by atoms with Gasteiger partial charge in [-0.25, -0.2) is 13.9 Å². The first-order valence-electron chi connectivity index (χ1n) is 11.8. The van der Waals surface area contributed by atoms with Crippen LogP contribution in [0, 0.1) is 12.7 Å². The lowest BCUT2D eigenvalue weighted by molar-refractivity contribution is -0.120. The summed E-state index contributed by atoms with van der Waals surface area (Å²) in [5.74, 6) is -0.770. The number of nitrogens with zero attached hydrogens (tertiary/aromatic N) is 3. The average Bonchev–Trinajstić information content (AvgIpc) is 3.14. The fourth-order valence-corrected chi connectivity index (χ4v) is 4.38. The molecule has 4 aromatic rings. The molecule has 8 heteroatoms. The van der Waals surface area contributed by atoms with Crippen LogP contribution in [-0.4, -0.2) is 25.9 Å². The molecule has 0 amide bonds. The quantitative estimate of drug-likeness (QED) is 0.268. The number of hydrogen-bond donors (Lipinski definition) is 0. The van der Waals surface area contributed by atoms with E-state index in [0.29, 0.717) is 10.6 Å². The van der Waals surface area contributed by atoms with Gasteiger partial charge in [0, 0.05) is 22.6 Å². The molecule has 0 unspecified atom stereocenters. The Bertz CT molecular complexity index is 1500. The molecule has 0 aliphatic carbocycles. The van der Waals surface area contributed by atoms with Gasteiger partial charge in [-0.05, 0) is 66.4 Å². The third kappa shape index (κ3) is 6.12. The second-order valence-electron chi connectivity index (χ2n) is 9.76. The second-order valence-corrected chi connectivity index (χ2v) is 10.2. The number of Topliss-reactive ketones (excluding diaryl/α,β-unsaturated/α-hetero) is 2. The number of carbonyl (C=O) groups excluding carboxylic acids is 2. The van der Waals surface area contributed by atoms with Gasteiger partial charge in [-0.3, -0.25) is 14.2 Å². The first-order chi connectivity index (χ1) is 17.5. The largest absolute Gasteiger partial charge is 0.347 e. The zero-order valence-electron chi connectivity index (χ0n) is 20.9. The highest BCUT2D eigenvalue weighted by Gasteiger charge is 2.26. The van der Waals surface area contributed by atoms with E-state index in [0.717, 1.165) is 15.8 Å². The van der Waals surface area contributed by atoms with E-state index in [4.69, 9.17) is 11.6 Å². The summed E-state index contributed by atoms with van der Waals surface area (Å²) < 4.78 is 15.6. The number of carbonyl (C=O) groups is 2. The van der Waals surface area contributed by atoms with Gasteiger partial charge in [0.1, 0.15) is 12.4 Å². The summed E-state index contributed by atoms with van der Waals surface area (Å²) in [4.78, 5) is 39.3. The molecule has 4 rings (SSSR count). The number of hydrogen-bond acceptors (Lipinski definition) is 4. The van der Waals surface area contributed by atoms with E-state index in [1.807, 2.05) is 45.0 Å². The summed E-state index contributed by atoms with van der Waals surface area (Å²) >= 11 is 6.02. The molecule has 0 atom stereocenters. The van der Waals surface area contributed by atoms with Crippen molar-refractivity contribution in [3.05, 3.63) is 111 Å². The molecular weight excluding hydrogens is 493 g/mol. The lowest BCUT2D eigenvalue weighted by Crippen LogP contribution is -2.31. The fraction of sp³-hybridized carbons (Fsp3) is 0.241. The van der Waals surface area contributed by atoms with E-state index < -0.39 is 16.9 Å². The predicted octanol–water partition coefficient (Wildman–Crippen LogP) is 5.63. The number of benzene rings is 3. The molecule has 37 heavy (non-hydrogen) atoms. The monoisotopic (exact) mass is 519 g/mol. The average molecular weight is 520 g/mol. The van der Waals surface area contributed by atoms with Crippen LogP contribution < -0.4 is 5.69 Å². The number of halogens is 2. The Morgan fingerprint density at radius 2 is 1.65 bits per heavy atom. The predicted molar refractivity (Wildman–Crippen MR) is 141 cm³/mol. The van der Waals surface area contributed by atoms with Crippen molar-refractivity contribution in [3.8, 4) is 11.4 Å². The first kappa shape index (κ1) is 26.2. The van der Waals surface area contributed by atoms with E-state index in [-0.39, 0.29) is 42.5 Å². The maximum atomic E-state index is 13.3. The van der Waals surface area contributed by atoms with Crippen LogP contribution >= 0.6 is 11.6 Å². The van der Waals surface area contributed by atoms with Crippen molar-refractivity contribution in [1.29, 1.82) is 0 Å². The lowest BCUT2D eigenvalue weighted by Gasteiger charge is -2.24. The van der Waals surface area contributed by atoms with Crippen molar-refractivity contribution in [3.63, 3.8) is 0 Å². The van der Waals surface area contributed by atoms with E-state index >= 15 is 0 Å². The van der Waals surface area contributed by atoms with E-state index in [1.54, 1.807) is 24.3 Å². The van der Waals surface area contributed by atoms with Gasteiger partial charge in [0.15, 0.2) is 17.4 Å². The van der Waals surface area contributed by atoms with Crippen LogP contribution in [0.2, 0.25) is 5.02 Å². The number of aryl methyl sites for hydroxylation is 1. The molecule has 6 nitrogen and oxygen atoms in total. The third-order valence-electron chi connectivity index (χ3n) is 6.26. The minimum Gasteiger partial charge on any atom is -0.298 e. The molecular formula is C29H27ClFN3O3. The molecule has 0 saturated carbocycles. The molecule has 3 aromatic carbocycles. The van der Waals surface area contributed by atoms with Crippen LogP contribution in [0.15, 0.2) is 77.6 Å². The molecule has 0 radical (unpaired) electrons. The van der Waals surface area contributed by atoms with Crippen LogP contribution in [0.3, 0.4) is 0 Å². The first-order valence-corrected chi connectivity index (χ1v) is 12.2. The van der Waals surface area contributed by atoms with Crippen molar-refractivity contribution < 1.29 is 14.0 Å². The maximum Gasteiger partial charge on any atom is 0.347 e. The highest BCUT2D eigenvalue weighted by molar-refractivity contribution is 6.30. The Hall–Kier alpha value is -3.84. The maximum absolute atomic E-state index is 13.3. The topological polar surface area (TPSA) is 74.0 Å². The van der Waals surface area contributed by atoms with E-state index in [9.17, 15) is 18.8 Å². The molecule has 0 bridgehead atoms. The standard InChI is InChI=1S/C29H27ClFN3O3/c1-19-5-4-6-22(15-19)29(2,3)16-25(35)17-34-28(37)33(18-26(36)20-9-13-24(31)14-10-20)27(32-34)21-7-11-23(30)12-8-21/h4-15H,16-18H2,1-3H3. The van der Waals surface area contributed by atoms with Crippen LogP contribution in [0.25, 0.3) is 11.4 Å². The van der Waals surface area contributed by atoms with Gasteiger partial charge in [0.25, 0.3) is 0 Å². The Morgan fingerprint density at radius 1 is 0.973 bits per heavy atom. The smallest absolute Gasteiger partial charge is 0.298 e. The minimum absolute atomic E-state index is 0.161. The van der Waals surface area contributed by atoms with Crippen LogP contribution in [0.5, 0.6) is 0 Å². The van der Waals surface area contributed by atoms with Crippen molar-refractivity contribution in [2.24, 2.45) is 0 Å². The highest BCUT2D eigenvalue weighted by atomic mass is 35.5. The van der Waals surface area contributed by atoms with Crippen LogP contribution in [-0.2, 0) is 23.3 Å². The van der Waals surface area contributed by atoms with Crippen molar-refractivity contribution in [1.82, 2.24) is 14.3 Å². The number of aromatic nitrogens is 3. The van der Waals surface area contributed by atoms with Gasteiger partial charge in [0.2, 0.25) is 0 Å². The van der Waals surface area contributed by atoms with E-state index in [2.05, 4.69) is 5.10 Å². The Labute approximate surface area is 219 Å². The summed E-state index contributed by atoms with van der Waals surface area (Å²) in [6.45, 7) is 5.43. The summed E-state index contributed by atoms with van der Waals surface area (Å²) in [5.41, 5.74) is 1.95. The van der Waals surface area contributed by atoms with Gasteiger partial charge in [-0.2, -0.15) is 0 Å². The minimum atomic E-state index is -0.581. The molecule has 190 valence electrons. The van der Waals surface area contributed by atoms with Gasteiger partial charge < -0.3 is 0 Å². The zero-order chi connectivity index (χ0) is 26.7. The normalized spacial score (nSPS) is 11.5. The summed E-state index contributed by atoms with van der Waals surface area (Å²) in [6, 6.07) is 19.8. The fourth-order valence-electron chi connectivity index (χ4n) is 4.25. The molecule has 1 aromatic heterocycles. The van der Waals surface area contributed by atoms with Gasteiger partial charge in [-0.15, -0.1) is 5.10 Å². The zero-order valence-corrected chi connectivity index (χ0v) is 21.6. The SMILES string of the molecule is Cc1cccc(C(C)(C)CC(=O)Cn2nc(-c3ccc(Cl)cc3)n(CC(=O)c3ccc(F)cc3)c2=O)c1. The molecule has 0 aliphatic heterocycles. The second kappa shape index (κ2) is 10.6. The summed E-state index contributed by atoms with van der Waals surface area (Å²) in [5, 5.41) is 4.93. The molecule has 1 heterocycles.